The number of rotatable bonds is 12. The van der Waals surface area contributed by atoms with Gasteiger partial charge < -0.3 is 24.8 Å². The van der Waals surface area contributed by atoms with Crippen molar-refractivity contribution in [2.45, 2.75) is 32.2 Å². The van der Waals surface area contributed by atoms with Gasteiger partial charge in [0, 0.05) is 22.6 Å². The second-order valence-corrected chi connectivity index (χ2v) is 10.7. The van der Waals surface area contributed by atoms with Crippen LogP contribution in [-0.2, 0) is 9.59 Å². The largest absolute Gasteiger partial charge is 0.497 e. The predicted octanol–water partition coefficient (Wildman–Crippen LogP) is 2.74. The van der Waals surface area contributed by atoms with Gasteiger partial charge in [-0.1, -0.05) is 35.9 Å². The average Bonchev–Trinajstić information content (AvgIpc) is 3.35. The zero-order chi connectivity index (χ0) is 31.2. The first kappa shape index (κ1) is 30.9. The third kappa shape index (κ3) is 7.16. The molecule has 11 nitrogen and oxygen atoms in total. The molecule has 1 aromatic heterocycles. The van der Waals surface area contributed by atoms with E-state index in [9.17, 15) is 19.6 Å². The number of nitrogens with one attached hydrogen (secondary N) is 1. The maximum atomic E-state index is 13.1. The van der Waals surface area contributed by atoms with E-state index >= 15 is 0 Å². The summed E-state index contributed by atoms with van der Waals surface area (Å²) in [6.45, 7) is 2.02. The number of ether oxygens (including phenoxy) is 2. The summed E-state index contributed by atoms with van der Waals surface area (Å²) >= 11 is 6.16. The summed E-state index contributed by atoms with van der Waals surface area (Å²) < 4.78 is 13.0. The van der Waals surface area contributed by atoms with Crippen molar-refractivity contribution in [3.63, 3.8) is 0 Å². The Kier molecular flexibility index (Phi) is 9.74. The van der Waals surface area contributed by atoms with Crippen LogP contribution in [0.25, 0.3) is 5.69 Å². The van der Waals surface area contributed by atoms with Crippen LogP contribution in [0.4, 0.5) is 0 Å². The summed E-state index contributed by atoms with van der Waals surface area (Å²) in [5.41, 5.74) is 3.41. The summed E-state index contributed by atoms with van der Waals surface area (Å²) in [4.78, 5) is 30.6. The Bertz CT molecular complexity index is 1670. The lowest BCUT2D eigenvalue weighted by Crippen LogP contribution is -2.30. The normalized spacial score (nSPS) is 13.7. The fraction of sp³-hybridized carbons (Fsp3) is 0.258. The van der Waals surface area contributed by atoms with Crippen molar-refractivity contribution in [3.05, 3.63) is 94.5 Å². The lowest BCUT2D eigenvalue weighted by atomic mass is 9.80. The van der Waals surface area contributed by atoms with E-state index in [-0.39, 0.29) is 31.1 Å². The number of fused-ring (bicyclic) bond motifs is 3. The quantitative estimate of drug-likeness (QED) is 0.163. The van der Waals surface area contributed by atoms with Crippen LogP contribution in [0.5, 0.6) is 11.5 Å². The monoisotopic (exact) mass is 615 g/mol. The minimum Gasteiger partial charge on any atom is -0.497 e. The molecule has 0 unspecified atom stereocenters. The molecule has 0 bridgehead atoms. The number of ketones is 1. The van der Waals surface area contributed by atoms with Crippen molar-refractivity contribution >= 4 is 41.6 Å². The lowest BCUT2D eigenvalue weighted by Gasteiger charge is -2.14. The summed E-state index contributed by atoms with van der Waals surface area (Å²) in [6.07, 6.45) is 0.635. The molecule has 0 saturated carbocycles. The van der Waals surface area contributed by atoms with Gasteiger partial charge in [0.05, 0.1) is 38.1 Å². The molecule has 2 heterocycles. The van der Waals surface area contributed by atoms with Crippen molar-refractivity contribution in [3.8, 4) is 17.2 Å². The Labute approximate surface area is 259 Å². The number of hydrogen-bond acceptors (Lipinski definition) is 9. The van der Waals surface area contributed by atoms with Gasteiger partial charge in [-0.15, -0.1) is 10.2 Å². The molecule has 1 atom stereocenters. The Morgan fingerprint density at radius 1 is 1.02 bits per heavy atom. The van der Waals surface area contributed by atoms with Crippen molar-refractivity contribution in [1.82, 2.24) is 20.1 Å². The molecule has 3 aromatic carbocycles. The van der Waals surface area contributed by atoms with Crippen LogP contribution in [0.1, 0.15) is 48.1 Å². The number of methoxy groups -OCH3 is 1. The van der Waals surface area contributed by atoms with Crippen LogP contribution in [0.2, 0.25) is 5.02 Å². The van der Waals surface area contributed by atoms with Crippen LogP contribution in [0.15, 0.2) is 71.7 Å². The molecule has 1 amide bonds. The molecule has 0 radical (unpaired) electrons. The van der Waals surface area contributed by atoms with E-state index < -0.39 is 13.2 Å². The van der Waals surface area contributed by atoms with Crippen LogP contribution >= 0.6 is 11.6 Å². The number of aliphatic imine (C=N–C) groups is 1. The smallest absolute Gasteiger partial charge is 0.488 e. The van der Waals surface area contributed by atoms with Gasteiger partial charge in [-0.25, -0.2) is 0 Å². The molecule has 0 spiro atoms. The van der Waals surface area contributed by atoms with Gasteiger partial charge in [-0.2, -0.15) is 0 Å². The van der Waals surface area contributed by atoms with E-state index in [1.165, 1.54) is 0 Å². The van der Waals surface area contributed by atoms with Crippen LogP contribution in [0.3, 0.4) is 0 Å². The highest BCUT2D eigenvalue weighted by molar-refractivity contribution is 6.58. The number of hydrogen-bond donors (Lipinski definition) is 3. The molecule has 1 aliphatic rings. The molecule has 1 aliphatic heterocycles. The second kappa shape index (κ2) is 13.9. The third-order valence-corrected chi connectivity index (χ3v) is 7.41. The first-order valence-electron chi connectivity index (χ1n) is 14.0. The van der Waals surface area contributed by atoms with Crippen LogP contribution in [-0.4, -0.2) is 69.6 Å². The van der Waals surface area contributed by atoms with Gasteiger partial charge in [-0.05, 0) is 61.3 Å². The van der Waals surface area contributed by atoms with Gasteiger partial charge >= 0.3 is 7.12 Å². The van der Waals surface area contributed by atoms with Gasteiger partial charge in [0.15, 0.2) is 11.6 Å². The number of Topliss-reactive ketones (excluding diaryl/α,β-unsaturated/α-hetero) is 1. The highest BCUT2D eigenvalue weighted by Crippen LogP contribution is 2.34. The molecular weight excluding hydrogens is 585 g/mol. The van der Waals surface area contributed by atoms with Crippen LogP contribution in [0, 0.1) is 6.92 Å². The minimum absolute atomic E-state index is 0.0464. The molecule has 5 rings (SSSR count). The zero-order valence-corrected chi connectivity index (χ0v) is 25.0. The first-order valence-corrected chi connectivity index (χ1v) is 14.4. The lowest BCUT2D eigenvalue weighted by molar-refractivity contribution is -0.125. The van der Waals surface area contributed by atoms with Crippen LogP contribution < -0.4 is 20.3 Å². The number of carbonyl (C=O) groups excluding carboxylic acids is 2. The highest BCUT2D eigenvalue weighted by Gasteiger charge is 2.30. The first-order chi connectivity index (χ1) is 21.2. The number of aryl methyl sites for hydroxylation is 1. The summed E-state index contributed by atoms with van der Waals surface area (Å²) in [5, 5.41) is 30.3. The number of aromatic nitrogens is 3. The average molecular weight is 616 g/mol. The van der Waals surface area contributed by atoms with Crippen molar-refractivity contribution in [2.75, 3.05) is 20.3 Å². The molecule has 13 heteroatoms. The number of carbonyl (C=O) groups is 2. The van der Waals surface area contributed by atoms with Crippen molar-refractivity contribution in [1.29, 1.82) is 0 Å². The van der Waals surface area contributed by atoms with E-state index in [0.29, 0.717) is 52.4 Å². The maximum Gasteiger partial charge on any atom is 0.488 e. The Morgan fingerprint density at radius 3 is 2.45 bits per heavy atom. The van der Waals surface area contributed by atoms with Crippen molar-refractivity contribution < 1.29 is 29.1 Å². The highest BCUT2D eigenvalue weighted by atomic mass is 35.5. The number of benzene rings is 3. The Morgan fingerprint density at radius 2 is 1.75 bits per heavy atom. The van der Waals surface area contributed by atoms with Gasteiger partial charge in [0.25, 0.3) is 0 Å². The summed E-state index contributed by atoms with van der Waals surface area (Å²) in [6, 6.07) is 18.7. The summed E-state index contributed by atoms with van der Waals surface area (Å²) in [7, 11) is 0.0539. The van der Waals surface area contributed by atoms with Gasteiger partial charge in [0.1, 0.15) is 23.4 Å². The Balaban J connectivity index is 1.26. The van der Waals surface area contributed by atoms with E-state index in [4.69, 9.17) is 26.1 Å². The SMILES string of the molecule is COc1ccc2c(c1)C(c1ccc(Cl)cc1)=N[C@@H](CC(=O)NCC(=O)CCCOc1ccc(B(O)O)cc1)c1nnc(C)n1-2. The number of amides is 1. The van der Waals surface area contributed by atoms with Gasteiger partial charge in [-0.3, -0.25) is 19.1 Å². The maximum absolute atomic E-state index is 13.1. The molecule has 3 N–H and O–H groups in total. The van der Waals surface area contributed by atoms with Gasteiger partial charge in [0.2, 0.25) is 5.91 Å². The van der Waals surface area contributed by atoms with E-state index in [2.05, 4.69) is 15.5 Å². The molecular formula is C31H31BClN5O6. The minimum atomic E-state index is -1.54. The summed E-state index contributed by atoms with van der Waals surface area (Å²) in [5.74, 6) is 1.88. The van der Waals surface area contributed by atoms with E-state index in [1.54, 1.807) is 43.5 Å². The molecule has 0 saturated heterocycles. The zero-order valence-electron chi connectivity index (χ0n) is 24.2. The Hall–Kier alpha value is -4.52. The van der Waals surface area contributed by atoms with E-state index in [1.807, 2.05) is 41.8 Å². The third-order valence-electron chi connectivity index (χ3n) is 7.16. The molecule has 44 heavy (non-hydrogen) atoms. The predicted molar refractivity (Wildman–Crippen MR) is 166 cm³/mol. The molecule has 0 aliphatic carbocycles. The number of halogens is 1. The van der Waals surface area contributed by atoms with E-state index in [0.717, 1.165) is 16.8 Å². The van der Waals surface area contributed by atoms with Crippen molar-refractivity contribution in [2.24, 2.45) is 4.99 Å². The molecule has 226 valence electrons. The fourth-order valence-corrected chi connectivity index (χ4v) is 5.03. The molecule has 4 aromatic rings. The number of nitrogens with zero attached hydrogens (tertiary/aromatic N) is 4. The molecule has 0 fully saturated rings. The fourth-order valence-electron chi connectivity index (χ4n) is 4.91. The second-order valence-electron chi connectivity index (χ2n) is 10.2. The standard InChI is InChI=1S/C31H31BClN5O6/c1-19-36-37-31-27(17-29(40)34-18-23(39)4-3-15-44-24-11-7-21(8-12-24)32(41)42)35-30(20-5-9-22(33)10-6-20)26-16-25(43-2)13-14-28(26)38(19)31/h5-14,16,27,41-42H,3-4,15,17-18H2,1-2H3,(H,34,40)/t27-/m0/s1. The topological polar surface area (TPSA) is 148 Å².